The van der Waals surface area contributed by atoms with Gasteiger partial charge in [0.15, 0.2) is 0 Å². The molecule has 0 fully saturated rings. The topological polar surface area (TPSA) is 29.1 Å². The predicted octanol–water partition coefficient (Wildman–Crippen LogP) is 6.33. The van der Waals surface area contributed by atoms with Crippen molar-refractivity contribution in [3.63, 3.8) is 0 Å². The zero-order valence-electron chi connectivity index (χ0n) is 13.5. The highest BCUT2D eigenvalue weighted by atomic mass is 35.5. The lowest BCUT2D eigenvalue weighted by Gasteiger charge is -2.16. The van der Waals surface area contributed by atoms with E-state index in [1.54, 1.807) is 13.8 Å². The van der Waals surface area contributed by atoms with Gasteiger partial charge in [-0.25, -0.2) is 4.39 Å². The van der Waals surface area contributed by atoms with Crippen molar-refractivity contribution in [1.82, 2.24) is 0 Å². The summed E-state index contributed by atoms with van der Waals surface area (Å²) in [6.07, 6.45) is -3.97. The maximum Gasteiger partial charge on any atom is 0.425 e. The number of benzene rings is 1. The van der Waals surface area contributed by atoms with E-state index < -0.39 is 22.8 Å². The van der Waals surface area contributed by atoms with Crippen LogP contribution in [0.3, 0.4) is 0 Å². The van der Waals surface area contributed by atoms with Crippen molar-refractivity contribution in [1.29, 1.82) is 0 Å². The third-order valence-corrected chi connectivity index (χ3v) is 5.38. The maximum atomic E-state index is 13.1. The summed E-state index contributed by atoms with van der Waals surface area (Å²) in [4.78, 5) is 12.1. The first kappa shape index (κ1) is 19.7. The normalized spacial score (nSPS) is 14.2. The van der Waals surface area contributed by atoms with Gasteiger partial charge in [-0.1, -0.05) is 25.4 Å². The first-order chi connectivity index (χ1) is 11.6. The van der Waals surface area contributed by atoms with Crippen molar-refractivity contribution in [3.8, 4) is 0 Å². The summed E-state index contributed by atoms with van der Waals surface area (Å²) in [6, 6.07) is 6.35. The zero-order chi connectivity index (χ0) is 18.8. The fourth-order valence-electron chi connectivity index (χ4n) is 2.36. The van der Waals surface area contributed by atoms with Gasteiger partial charge in [-0.3, -0.25) is 4.79 Å². The van der Waals surface area contributed by atoms with Crippen LogP contribution in [0.2, 0.25) is 5.02 Å². The number of alkyl halides is 3. The van der Waals surface area contributed by atoms with Gasteiger partial charge in [0.25, 0.3) is 0 Å². The average Bonchev–Trinajstić information content (AvgIpc) is 3.01. The van der Waals surface area contributed by atoms with Crippen LogP contribution < -0.4 is 5.32 Å². The minimum atomic E-state index is -4.35. The maximum absolute atomic E-state index is 13.1. The summed E-state index contributed by atoms with van der Waals surface area (Å²) in [7, 11) is 0. The third kappa shape index (κ3) is 5.19. The van der Waals surface area contributed by atoms with Crippen molar-refractivity contribution in [2.75, 3.05) is 5.32 Å². The number of amides is 1. The molecule has 1 heterocycles. The Morgan fingerprint density at radius 1 is 1.24 bits per heavy atom. The van der Waals surface area contributed by atoms with Crippen LogP contribution in [0.5, 0.6) is 0 Å². The number of hydrogen-bond acceptors (Lipinski definition) is 2. The second-order valence-corrected chi connectivity index (χ2v) is 7.38. The highest BCUT2D eigenvalue weighted by molar-refractivity contribution is 7.12. The molecule has 25 heavy (non-hydrogen) atoms. The molecule has 0 radical (unpaired) electrons. The molecule has 2 nitrogen and oxygen atoms in total. The summed E-state index contributed by atoms with van der Waals surface area (Å²) in [6.45, 7) is 3.47. The summed E-state index contributed by atoms with van der Waals surface area (Å²) < 4.78 is 51.1. The molecule has 0 saturated heterocycles. The Kier molecular flexibility index (Phi) is 6.11. The van der Waals surface area contributed by atoms with Gasteiger partial charge in [0.1, 0.15) is 10.7 Å². The summed E-state index contributed by atoms with van der Waals surface area (Å²) in [5.74, 6) is -1.52. The standard InChI is InChI=1S/C17H16ClF4NOS/c1-9(14-5-6-15(25-14)17(20,21)22)7-10(2)16(24)23-11-3-4-13(19)12(18)8-11/h3-6,8-10H,7H2,1-2H3,(H,23,24)/t9-,10+/m1/s1. The van der Waals surface area contributed by atoms with Crippen molar-refractivity contribution < 1.29 is 22.4 Å². The molecule has 0 unspecified atom stereocenters. The number of thiophene rings is 1. The third-order valence-electron chi connectivity index (χ3n) is 3.73. The van der Waals surface area contributed by atoms with E-state index >= 15 is 0 Å². The molecule has 0 aliphatic heterocycles. The SMILES string of the molecule is C[C@H](C[C@H](C)C(=O)Nc1ccc(F)c(Cl)c1)c1ccc(C(F)(F)F)s1. The van der Waals surface area contributed by atoms with E-state index in [1.807, 2.05) is 0 Å². The second kappa shape index (κ2) is 7.74. The Labute approximate surface area is 151 Å². The molecular formula is C17H16ClF4NOS. The van der Waals surface area contributed by atoms with E-state index in [0.717, 1.165) is 12.1 Å². The van der Waals surface area contributed by atoms with Gasteiger partial charge in [0, 0.05) is 16.5 Å². The van der Waals surface area contributed by atoms with Gasteiger partial charge >= 0.3 is 6.18 Å². The van der Waals surface area contributed by atoms with Crippen LogP contribution in [-0.4, -0.2) is 5.91 Å². The summed E-state index contributed by atoms with van der Waals surface area (Å²) >= 11 is 6.36. The molecule has 8 heteroatoms. The number of nitrogens with one attached hydrogen (secondary N) is 1. The zero-order valence-corrected chi connectivity index (χ0v) is 15.0. The average molecular weight is 394 g/mol. The monoisotopic (exact) mass is 393 g/mol. The fraction of sp³-hybridized carbons (Fsp3) is 0.353. The predicted molar refractivity (Wildman–Crippen MR) is 91.6 cm³/mol. The van der Waals surface area contributed by atoms with Crippen molar-refractivity contribution in [2.24, 2.45) is 5.92 Å². The van der Waals surface area contributed by atoms with Crippen LogP contribution in [0.1, 0.15) is 35.9 Å². The summed E-state index contributed by atoms with van der Waals surface area (Å²) in [5, 5.41) is 2.53. The van der Waals surface area contributed by atoms with Gasteiger partial charge in [0.05, 0.1) is 5.02 Å². The number of hydrogen-bond donors (Lipinski definition) is 1. The van der Waals surface area contributed by atoms with Gasteiger partial charge in [-0.2, -0.15) is 13.2 Å². The van der Waals surface area contributed by atoms with Crippen LogP contribution in [0.25, 0.3) is 0 Å². The lowest BCUT2D eigenvalue weighted by Crippen LogP contribution is -2.21. The molecule has 1 aromatic heterocycles. The lowest BCUT2D eigenvalue weighted by atomic mass is 9.95. The summed E-state index contributed by atoms with van der Waals surface area (Å²) in [5.41, 5.74) is 0.367. The molecule has 2 aromatic rings. The van der Waals surface area contributed by atoms with Gasteiger partial charge < -0.3 is 5.32 Å². The molecule has 1 N–H and O–H groups in total. The largest absolute Gasteiger partial charge is 0.425 e. The molecule has 0 aliphatic rings. The minimum Gasteiger partial charge on any atom is -0.326 e. The smallest absolute Gasteiger partial charge is 0.326 e. The molecule has 1 amide bonds. The number of halogens is 5. The van der Waals surface area contributed by atoms with E-state index in [-0.39, 0.29) is 16.8 Å². The Morgan fingerprint density at radius 3 is 2.48 bits per heavy atom. The fourth-order valence-corrected chi connectivity index (χ4v) is 3.48. The highest BCUT2D eigenvalue weighted by Gasteiger charge is 2.33. The Bertz CT molecular complexity index is 759. The molecule has 136 valence electrons. The Hall–Kier alpha value is -1.60. The molecule has 1 aromatic carbocycles. The number of anilines is 1. The molecule has 0 spiro atoms. The molecule has 2 atom stereocenters. The molecular weight excluding hydrogens is 378 g/mol. The Morgan fingerprint density at radius 2 is 1.92 bits per heavy atom. The van der Waals surface area contributed by atoms with E-state index in [4.69, 9.17) is 11.6 Å². The van der Waals surface area contributed by atoms with Gasteiger partial charge in [0.2, 0.25) is 5.91 Å². The number of rotatable bonds is 5. The van der Waals surface area contributed by atoms with Crippen LogP contribution in [-0.2, 0) is 11.0 Å². The van der Waals surface area contributed by atoms with Gasteiger partial charge in [-0.15, -0.1) is 11.3 Å². The van der Waals surface area contributed by atoms with E-state index in [9.17, 15) is 22.4 Å². The van der Waals surface area contributed by atoms with Crippen LogP contribution in [0.4, 0.5) is 23.2 Å². The molecule has 2 rings (SSSR count). The first-order valence-electron chi connectivity index (χ1n) is 7.50. The second-order valence-electron chi connectivity index (χ2n) is 5.86. The quantitative estimate of drug-likeness (QED) is 0.591. The van der Waals surface area contributed by atoms with E-state index in [0.29, 0.717) is 28.3 Å². The van der Waals surface area contributed by atoms with Crippen LogP contribution in [0, 0.1) is 11.7 Å². The van der Waals surface area contributed by atoms with Crippen LogP contribution >= 0.6 is 22.9 Å². The molecule has 0 saturated carbocycles. The van der Waals surface area contributed by atoms with Crippen molar-refractivity contribution in [3.05, 3.63) is 50.9 Å². The number of carbonyl (C=O) groups excluding carboxylic acids is 1. The molecule has 0 bridgehead atoms. The van der Waals surface area contributed by atoms with Crippen LogP contribution in [0.15, 0.2) is 30.3 Å². The Balaban J connectivity index is 1.98. The highest BCUT2D eigenvalue weighted by Crippen LogP contribution is 2.38. The first-order valence-corrected chi connectivity index (χ1v) is 8.70. The lowest BCUT2D eigenvalue weighted by molar-refractivity contribution is -0.134. The number of carbonyl (C=O) groups is 1. The van der Waals surface area contributed by atoms with Crippen molar-refractivity contribution >= 4 is 34.5 Å². The van der Waals surface area contributed by atoms with Gasteiger partial charge in [-0.05, 0) is 42.7 Å². The van der Waals surface area contributed by atoms with E-state index in [2.05, 4.69) is 5.32 Å². The molecule has 0 aliphatic carbocycles. The minimum absolute atomic E-state index is 0.0999. The van der Waals surface area contributed by atoms with Crippen molar-refractivity contribution in [2.45, 2.75) is 32.4 Å². The van der Waals surface area contributed by atoms with E-state index in [1.165, 1.54) is 18.2 Å².